The maximum Gasteiger partial charge on any atom is 0.191 e. The van der Waals surface area contributed by atoms with Gasteiger partial charge in [-0.05, 0) is 20.3 Å². The summed E-state index contributed by atoms with van der Waals surface area (Å²) in [4.78, 5) is 0. The van der Waals surface area contributed by atoms with Gasteiger partial charge in [0.1, 0.15) is 6.33 Å². The van der Waals surface area contributed by atoms with E-state index in [2.05, 4.69) is 24.0 Å². The maximum atomic E-state index is 8.62. The van der Waals surface area contributed by atoms with Crippen LogP contribution in [0.5, 0.6) is 0 Å². The number of hydrogen-bond donors (Lipinski definition) is 1. The Kier molecular flexibility index (Phi) is 4.24. The minimum Gasteiger partial charge on any atom is -0.396 e. The quantitative estimate of drug-likeness (QED) is 0.577. The van der Waals surface area contributed by atoms with Gasteiger partial charge >= 0.3 is 0 Å². The van der Waals surface area contributed by atoms with Crippen LogP contribution in [0.4, 0.5) is 0 Å². The van der Waals surface area contributed by atoms with Crippen LogP contribution in [0.25, 0.3) is 0 Å². The molecule has 0 bridgehead atoms. The number of rotatable bonds is 5. The summed E-state index contributed by atoms with van der Waals surface area (Å²) in [5, 5.41) is 17.4. The molecule has 0 aliphatic carbocycles. The number of aromatic nitrogens is 3. The number of nitrogens with zero attached hydrogens (tertiary/aromatic N) is 3. The van der Waals surface area contributed by atoms with Crippen LogP contribution in [0.3, 0.4) is 0 Å². The molecule has 1 aromatic rings. The van der Waals surface area contributed by atoms with Gasteiger partial charge in [-0.15, -0.1) is 10.2 Å². The van der Waals surface area contributed by atoms with Crippen molar-refractivity contribution in [2.45, 2.75) is 31.5 Å². The van der Waals surface area contributed by atoms with E-state index in [0.717, 1.165) is 17.3 Å². The molecule has 0 aliphatic heterocycles. The fraction of sp³-hybridized carbons (Fsp3) is 0.750. The lowest BCUT2D eigenvalue weighted by molar-refractivity contribution is 0.296. The summed E-state index contributed by atoms with van der Waals surface area (Å²) < 4.78 is 2.03. The van der Waals surface area contributed by atoms with Crippen LogP contribution in [-0.2, 0) is 0 Å². The molecule has 1 rings (SSSR count). The van der Waals surface area contributed by atoms with Gasteiger partial charge in [0.15, 0.2) is 5.16 Å². The zero-order valence-electron chi connectivity index (χ0n) is 7.97. The lowest BCUT2D eigenvalue weighted by atomic mass is 10.4. The van der Waals surface area contributed by atoms with Gasteiger partial charge in [-0.25, -0.2) is 0 Å². The Morgan fingerprint density at radius 2 is 2.38 bits per heavy atom. The van der Waals surface area contributed by atoms with Crippen molar-refractivity contribution in [1.29, 1.82) is 0 Å². The fourth-order valence-corrected chi connectivity index (χ4v) is 1.89. The van der Waals surface area contributed by atoms with E-state index in [1.165, 1.54) is 0 Å². The Hall–Kier alpha value is -0.550. The van der Waals surface area contributed by atoms with Gasteiger partial charge in [0.25, 0.3) is 0 Å². The third kappa shape index (κ3) is 3.00. The molecule has 0 aromatic carbocycles. The third-order valence-electron chi connectivity index (χ3n) is 1.63. The second-order valence-corrected chi connectivity index (χ2v) is 4.10. The van der Waals surface area contributed by atoms with Crippen LogP contribution >= 0.6 is 11.8 Å². The van der Waals surface area contributed by atoms with Gasteiger partial charge in [0, 0.05) is 18.4 Å². The van der Waals surface area contributed by atoms with Crippen LogP contribution in [0.15, 0.2) is 11.5 Å². The molecule has 0 radical (unpaired) electrons. The van der Waals surface area contributed by atoms with E-state index in [1.54, 1.807) is 18.1 Å². The average molecular weight is 201 g/mol. The monoisotopic (exact) mass is 201 g/mol. The zero-order valence-corrected chi connectivity index (χ0v) is 8.79. The molecule has 1 aromatic heterocycles. The average Bonchev–Trinajstić information content (AvgIpc) is 2.53. The first-order valence-electron chi connectivity index (χ1n) is 4.39. The molecule has 0 saturated heterocycles. The SMILES string of the molecule is CC(C)n1cnnc1SCCCO. The molecule has 1 heterocycles. The summed E-state index contributed by atoms with van der Waals surface area (Å²) in [6, 6.07) is 0.395. The minimum absolute atomic E-state index is 0.239. The highest BCUT2D eigenvalue weighted by Gasteiger charge is 2.06. The Labute approximate surface area is 82.4 Å². The van der Waals surface area contributed by atoms with Crippen molar-refractivity contribution in [2.75, 3.05) is 12.4 Å². The molecule has 74 valence electrons. The van der Waals surface area contributed by atoms with Crippen LogP contribution in [0.1, 0.15) is 26.3 Å². The fourth-order valence-electron chi connectivity index (χ4n) is 0.917. The molecule has 0 aliphatic rings. The van der Waals surface area contributed by atoms with Gasteiger partial charge < -0.3 is 9.67 Å². The third-order valence-corrected chi connectivity index (χ3v) is 2.67. The lowest BCUT2D eigenvalue weighted by Crippen LogP contribution is -2.01. The number of aliphatic hydroxyl groups is 1. The second-order valence-electron chi connectivity index (χ2n) is 3.04. The Morgan fingerprint density at radius 1 is 1.62 bits per heavy atom. The molecule has 0 amide bonds. The predicted molar refractivity (Wildman–Crippen MR) is 52.8 cm³/mol. The van der Waals surface area contributed by atoms with Crippen LogP contribution in [0.2, 0.25) is 0 Å². The Balaban J connectivity index is 2.50. The molecule has 5 heteroatoms. The molecule has 0 saturated carbocycles. The summed E-state index contributed by atoms with van der Waals surface area (Å²) in [5.74, 6) is 0.891. The number of aliphatic hydroxyl groups excluding tert-OH is 1. The standard InChI is InChI=1S/C8H15N3OS/c1-7(2)11-6-9-10-8(11)13-5-3-4-12/h6-7,12H,3-5H2,1-2H3. The summed E-state index contributed by atoms with van der Waals surface area (Å²) in [6.45, 7) is 4.43. The van der Waals surface area contributed by atoms with Crippen molar-refractivity contribution in [3.8, 4) is 0 Å². The summed E-state index contributed by atoms with van der Waals surface area (Å²) in [7, 11) is 0. The van der Waals surface area contributed by atoms with Gasteiger partial charge in [0.05, 0.1) is 0 Å². The predicted octanol–water partition coefficient (Wildman–Crippen LogP) is 1.33. The van der Waals surface area contributed by atoms with E-state index in [0.29, 0.717) is 6.04 Å². The molecular weight excluding hydrogens is 186 g/mol. The summed E-state index contributed by atoms with van der Waals surface area (Å²) in [5.41, 5.74) is 0. The highest BCUT2D eigenvalue weighted by molar-refractivity contribution is 7.99. The minimum atomic E-state index is 0.239. The maximum absolute atomic E-state index is 8.62. The molecule has 0 fully saturated rings. The van der Waals surface area contributed by atoms with E-state index in [1.807, 2.05) is 4.57 Å². The summed E-state index contributed by atoms with van der Waals surface area (Å²) in [6.07, 6.45) is 2.54. The zero-order chi connectivity index (χ0) is 9.68. The normalized spacial score (nSPS) is 11.1. The number of thioether (sulfide) groups is 1. The highest BCUT2D eigenvalue weighted by Crippen LogP contribution is 2.18. The second kappa shape index (κ2) is 5.24. The summed E-state index contributed by atoms with van der Waals surface area (Å²) >= 11 is 1.64. The van der Waals surface area contributed by atoms with Crippen molar-refractivity contribution >= 4 is 11.8 Å². The highest BCUT2D eigenvalue weighted by atomic mass is 32.2. The van der Waals surface area contributed by atoms with Gasteiger partial charge in [-0.1, -0.05) is 11.8 Å². The first-order valence-corrected chi connectivity index (χ1v) is 5.37. The topological polar surface area (TPSA) is 50.9 Å². The van der Waals surface area contributed by atoms with Gasteiger partial charge in [-0.2, -0.15) is 0 Å². The van der Waals surface area contributed by atoms with Crippen molar-refractivity contribution < 1.29 is 5.11 Å². The van der Waals surface area contributed by atoms with E-state index >= 15 is 0 Å². The van der Waals surface area contributed by atoms with Gasteiger partial charge in [0.2, 0.25) is 0 Å². The van der Waals surface area contributed by atoms with Gasteiger partial charge in [-0.3, -0.25) is 0 Å². The molecule has 1 N–H and O–H groups in total. The van der Waals surface area contributed by atoms with Crippen LogP contribution in [-0.4, -0.2) is 32.2 Å². The first kappa shape index (κ1) is 10.5. The first-order chi connectivity index (χ1) is 6.25. The van der Waals surface area contributed by atoms with Crippen molar-refractivity contribution in [2.24, 2.45) is 0 Å². The Morgan fingerprint density at radius 3 is 3.00 bits per heavy atom. The van der Waals surface area contributed by atoms with Crippen molar-refractivity contribution in [3.05, 3.63) is 6.33 Å². The van der Waals surface area contributed by atoms with Crippen molar-refractivity contribution in [3.63, 3.8) is 0 Å². The molecule has 0 unspecified atom stereocenters. The number of hydrogen-bond acceptors (Lipinski definition) is 4. The Bertz CT molecular complexity index is 249. The molecule has 13 heavy (non-hydrogen) atoms. The van der Waals surface area contributed by atoms with E-state index in [-0.39, 0.29) is 6.61 Å². The van der Waals surface area contributed by atoms with E-state index in [4.69, 9.17) is 5.11 Å². The molecule has 4 nitrogen and oxygen atoms in total. The van der Waals surface area contributed by atoms with E-state index < -0.39 is 0 Å². The lowest BCUT2D eigenvalue weighted by Gasteiger charge is -2.08. The van der Waals surface area contributed by atoms with E-state index in [9.17, 15) is 0 Å². The van der Waals surface area contributed by atoms with Crippen LogP contribution < -0.4 is 0 Å². The molecule has 0 atom stereocenters. The van der Waals surface area contributed by atoms with Crippen molar-refractivity contribution in [1.82, 2.24) is 14.8 Å². The molecule has 0 spiro atoms. The van der Waals surface area contributed by atoms with Crippen LogP contribution in [0, 0.1) is 0 Å². The smallest absolute Gasteiger partial charge is 0.191 e. The largest absolute Gasteiger partial charge is 0.396 e. The molecular formula is C8H15N3OS.